The Labute approximate surface area is 610 Å². The minimum atomic E-state index is -5.25. The largest absolute Gasteiger partial charge is 0.744 e. The van der Waals surface area contributed by atoms with Gasteiger partial charge in [0.1, 0.15) is 10.1 Å². The van der Waals surface area contributed by atoms with Gasteiger partial charge < -0.3 is 24.4 Å². The van der Waals surface area contributed by atoms with Gasteiger partial charge in [-0.15, -0.1) is 0 Å². The van der Waals surface area contributed by atoms with Crippen LogP contribution in [0.5, 0.6) is 0 Å². The Hall–Kier alpha value is -0.640. The second kappa shape index (κ2) is 73.7. The van der Waals surface area contributed by atoms with Crippen molar-refractivity contribution in [2.75, 3.05) is 73.9 Å². The van der Waals surface area contributed by atoms with Gasteiger partial charge in [-0.3, -0.25) is 0 Å². The lowest BCUT2D eigenvalue weighted by atomic mass is 10.1. The first-order valence-corrected chi connectivity index (χ1v) is 52.0. The number of unbranched alkanes of at least 4 members (excludes halogenated alkanes) is 42. The quantitative estimate of drug-likeness (QED) is 0.0360. The Bertz CT molecular complexity index is 1700. The maximum atomic E-state index is 10.7. The number of rotatable bonds is 69. The molecule has 0 aliphatic rings. The Kier molecular flexibility index (Phi) is 76.3. The molecule has 0 aromatic heterocycles. The van der Waals surface area contributed by atoms with E-state index in [0.29, 0.717) is 0 Å². The van der Waals surface area contributed by atoms with Crippen LogP contribution < -0.4 is 10.2 Å². The summed E-state index contributed by atoms with van der Waals surface area (Å²) in [6.45, 7) is 28.4. The fourth-order valence-electron chi connectivity index (χ4n) is 14.4. The van der Waals surface area contributed by atoms with Crippen molar-refractivity contribution >= 4 is 43.8 Å². The number of carboxylic acid groups (broad SMARTS) is 2. The highest BCUT2D eigenvalue weighted by molar-refractivity contribution is 7.86. The molecule has 1 rings (SSSR count). The van der Waals surface area contributed by atoms with Gasteiger partial charge in [0.05, 0.1) is 90.8 Å². The Morgan fingerprint density at radius 3 is 0.515 bits per heavy atom. The number of carbonyl (C=O) groups excluding carboxylic acids is 2. The third kappa shape index (κ3) is 60.3. The molecule has 0 unspecified atom stereocenters. The first kappa shape index (κ1) is 101. The van der Waals surface area contributed by atoms with E-state index in [9.17, 15) is 32.8 Å². The fraction of sp³-hybridized carbons (Fsp3) is 0.907. The predicted octanol–water partition coefficient (Wildman–Crippen LogP) is 27.6. The SMILES string of the molecule is CCCCCCCCCCCCCC[P+](CCCC)(CCCC)CCCC.CCCCCCCCCCCCCC[P+](CCCC)(CCCC)CCCC.CCCCCCCCCCCCCC[P+](CCCC)(CCCC)CCCC.O=C([O-])c1cccc(C(=O)[O-])c1S(=O)(=O)[O-]. The molecule has 0 saturated carbocycles. The molecule has 0 amide bonds. The van der Waals surface area contributed by atoms with Crippen LogP contribution in [0.25, 0.3) is 0 Å². The third-order valence-corrected chi connectivity index (χ3v) is 37.2. The average Bonchev–Trinajstić information content (AvgIpc) is 0.806. The molecule has 578 valence electrons. The van der Waals surface area contributed by atoms with Crippen LogP contribution in [0.15, 0.2) is 23.1 Å². The van der Waals surface area contributed by atoms with Crippen molar-refractivity contribution in [3.8, 4) is 0 Å². The van der Waals surface area contributed by atoms with Gasteiger partial charge in [0.25, 0.3) is 0 Å². The molecule has 0 bridgehead atoms. The zero-order valence-corrected chi connectivity index (χ0v) is 71.0. The van der Waals surface area contributed by atoms with Crippen LogP contribution in [0.4, 0.5) is 0 Å². The first-order chi connectivity index (χ1) is 47.0. The van der Waals surface area contributed by atoms with Crippen molar-refractivity contribution in [3.63, 3.8) is 0 Å². The maximum absolute atomic E-state index is 10.7. The Morgan fingerprint density at radius 1 is 0.247 bits per heavy atom. The topological polar surface area (TPSA) is 137 Å². The van der Waals surface area contributed by atoms with Crippen LogP contribution in [-0.2, 0) is 10.1 Å². The molecule has 1 aromatic carbocycles. The molecule has 0 N–H and O–H groups in total. The van der Waals surface area contributed by atoms with Crippen LogP contribution in [0, 0.1) is 0 Å². The van der Waals surface area contributed by atoms with E-state index in [2.05, 4.69) is 83.1 Å². The minimum Gasteiger partial charge on any atom is -0.744 e. The monoisotopic (exact) mass is 1440 g/mol. The second-order valence-electron chi connectivity index (χ2n) is 30.3. The molecule has 1 aromatic rings. The highest BCUT2D eigenvalue weighted by Gasteiger charge is 2.37. The molecule has 7 nitrogen and oxygen atoms in total. The third-order valence-electron chi connectivity index (χ3n) is 21.0. The Balaban J connectivity index is -0.00000123. The van der Waals surface area contributed by atoms with Crippen LogP contribution in [0.2, 0.25) is 0 Å². The van der Waals surface area contributed by atoms with Crippen molar-refractivity contribution in [1.82, 2.24) is 0 Å². The summed E-state index contributed by atoms with van der Waals surface area (Å²) in [7, 11) is -7.12. The van der Waals surface area contributed by atoms with Gasteiger partial charge in [-0.25, -0.2) is 8.42 Å². The number of hydrogen-bond donors (Lipinski definition) is 0. The molecule has 0 spiro atoms. The van der Waals surface area contributed by atoms with Gasteiger partial charge >= 0.3 is 0 Å². The molecular formula is C86H171O7P3S. The molecule has 0 atom stereocenters. The number of aromatic carboxylic acids is 2. The average molecular weight is 1440 g/mol. The molecule has 0 saturated heterocycles. The van der Waals surface area contributed by atoms with E-state index in [1.54, 1.807) is 93.2 Å². The van der Waals surface area contributed by atoms with E-state index in [1.807, 2.05) is 0 Å². The summed E-state index contributed by atoms with van der Waals surface area (Å²) in [5.41, 5.74) is -2.01. The van der Waals surface area contributed by atoms with Gasteiger partial charge in [-0.2, -0.15) is 0 Å². The number of carbonyl (C=O) groups is 2. The van der Waals surface area contributed by atoms with E-state index < -0.39 is 59.9 Å². The van der Waals surface area contributed by atoms with Crippen LogP contribution in [-0.4, -0.2) is 98.9 Å². The fourth-order valence-corrected chi connectivity index (χ4v) is 30.9. The standard InChI is InChI=1S/3C26H56P.C8H6O7S/c3*1-5-9-13-14-15-16-17-18-19-20-21-22-26-27(23-10-6-2,24-11-7-3)25-12-8-4;9-7(10)4-2-1-3-5(8(11)12)6(4)16(13,14)15/h3*5-26H2,1-4H3;1-3H,(H,9,10)(H,11,12)(H,13,14,15)/q3*+1;/p-3. The minimum absolute atomic E-state index is 0.626. The molecule has 97 heavy (non-hydrogen) atoms. The molecular weight excluding hydrogens is 1270 g/mol. The zero-order valence-electron chi connectivity index (χ0n) is 67.5. The molecule has 0 aliphatic heterocycles. The lowest BCUT2D eigenvalue weighted by Crippen LogP contribution is -2.29. The molecule has 11 heteroatoms. The van der Waals surface area contributed by atoms with Gasteiger partial charge in [-0.1, -0.05) is 352 Å². The summed E-state index contributed by atoms with van der Waals surface area (Å²) in [4.78, 5) is 19.7. The summed E-state index contributed by atoms with van der Waals surface area (Å²) in [6.07, 6.45) is 98.9. The van der Waals surface area contributed by atoms with Crippen molar-refractivity contribution in [2.45, 2.75) is 435 Å². The number of hydrogen-bond acceptors (Lipinski definition) is 7. The lowest BCUT2D eigenvalue weighted by Gasteiger charge is -2.28. The number of carboxylic acids is 2. The number of benzene rings is 1. The summed E-state index contributed by atoms with van der Waals surface area (Å²) >= 11 is 0. The van der Waals surface area contributed by atoms with E-state index in [1.165, 1.54) is 327 Å². The van der Waals surface area contributed by atoms with Crippen LogP contribution in [0.3, 0.4) is 0 Å². The van der Waals surface area contributed by atoms with E-state index in [0.717, 1.165) is 18.2 Å². The molecule has 0 fully saturated rings. The highest BCUT2D eigenvalue weighted by atomic mass is 32.2. The van der Waals surface area contributed by atoms with E-state index in [-0.39, 0.29) is 0 Å². The maximum Gasteiger partial charge on any atom is 0.125 e. The molecule has 0 heterocycles. The smallest absolute Gasteiger partial charge is 0.125 e. The van der Waals surface area contributed by atoms with Crippen LogP contribution >= 0.6 is 21.8 Å². The zero-order chi connectivity index (χ0) is 72.7. The van der Waals surface area contributed by atoms with Crippen LogP contribution in [0.1, 0.15) is 451 Å². The summed E-state index contributed by atoms with van der Waals surface area (Å²) in [5, 5.41) is 21.0. The Morgan fingerprint density at radius 2 is 0.381 bits per heavy atom. The summed E-state index contributed by atoms with van der Waals surface area (Å²) in [5.74, 6) is -3.92. The van der Waals surface area contributed by atoms with E-state index in [4.69, 9.17) is 0 Å². The predicted molar refractivity (Wildman–Crippen MR) is 440 cm³/mol. The molecule has 0 aliphatic carbocycles. The van der Waals surface area contributed by atoms with E-state index >= 15 is 0 Å². The van der Waals surface area contributed by atoms with Crippen molar-refractivity contribution in [1.29, 1.82) is 0 Å². The second-order valence-corrected chi connectivity index (χ2v) is 45.0. The van der Waals surface area contributed by atoms with Crippen molar-refractivity contribution < 1.29 is 32.8 Å². The first-order valence-electron chi connectivity index (χ1n) is 43.0. The van der Waals surface area contributed by atoms with Crippen molar-refractivity contribution in [2.24, 2.45) is 0 Å². The summed E-state index contributed by atoms with van der Waals surface area (Å²) < 4.78 is 32.2. The highest BCUT2D eigenvalue weighted by Crippen LogP contribution is 2.63. The summed E-state index contributed by atoms with van der Waals surface area (Å²) in [6, 6.07) is 2.48. The van der Waals surface area contributed by atoms with Crippen molar-refractivity contribution in [3.05, 3.63) is 29.3 Å². The molecule has 0 radical (unpaired) electrons. The van der Waals surface area contributed by atoms with Gasteiger partial charge in [0, 0.05) is 32.9 Å². The van der Waals surface area contributed by atoms with Gasteiger partial charge in [0.2, 0.25) is 0 Å². The van der Waals surface area contributed by atoms with Gasteiger partial charge in [0.15, 0.2) is 0 Å². The van der Waals surface area contributed by atoms with Gasteiger partial charge in [-0.05, 0) is 96.3 Å². The normalized spacial score (nSPS) is 11.8. The lowest BCUT2D eigenvalue weighted by molar-refractivity contribution is -0.255.